The minimum absolute atomic E-state index is 0.0489. The number of carbonyl (C=O) groups is 1. The second-order valence-corrected chi connectivity index (χ2v) is 6.76. The van der Waals surface area contributed by atoms with Crippen molar-refractivity contribution in [3.05, 3.63) is 58.6 Å². The molecule has 0 atom stereocenters. The van der Waals surface area contributed by atoms with Crippen LogP contribution < -0.4 is 10.0 Å². The van der Waals surface area contributed by atoms with Gasteiger partial charge in [0.1, 0.15) is 4.90 Å². The molecule has 2 rings (SSSR count). The number of halogens is 1. The van der Waals surface area contributed by atoms with Crippen LogP contribution in [-0.2, 0) is 10.0 Å². The van der Waals surface area contributed by atoms with E-state index in [0.717, 1.165) is 5.56 Å². The average molecular weight is 339 g/mol. The molecular weight excluding hydrogens is 324 g/mol. The van der Waals surface area contributed by atoms with Gasteiger partial charge >= 0.3 is 0 Å². The van der Waals surface area contributed by atoms with Crippen LogP contribution in [0.1, 0.15) is 15.9 Å². The lowest BCUT2D eigenvalue weighted by atomic mass is 10.2. The molecule has 0 radical (unpaired) electrons. The maximum absolute atomic E-state index is 12.5. The predicted molar refractivity (Wildman–Crippen MR) is 86.8 cm³/mol. The van der Waals surface area contributed by atoms with Crippen molar-refractivity contribution in [1.29, 1.82) is 0 Å². The molecule has 0 bridgehead atoms. The molecule has 0 aliphatic heterocycles. The van der Waals surface area contributed by atoms with Gasteiger partial charge in [-0.2, -0.15) is 0 Å². The number of benzene rings is 2. The minimum Gasteiger partial charge on any atom is -0.355 e. The van der Waals surface area contributed by atoms with E-state index in [2.05, 4.69) is 10.0 Å². The summed E-state index contributed by atoms with van der Waals surface area (Å²) in [6.07, 6.45) is 0. The monoisotopic (exact) mass is 338 g/mol. The Kier molecular flexibility index (Phi) is 4.73. The van der Waals surface area contributed by atoms with E-state index in [-0.39, 0.29) is 21.4 Å². The van der Waals surface area contributed by atoms with Crippen LogP contribution in [0.15, 0.2) is 47.4 Å². The average Bonchev–Trinajstić information content (AvgIpc) is 2.46. The molecule has 0 spiro atoms. The molecule has 1 amide bonds. The number of amides is 1. The van der Waals surface area contributed by atoms with Gasteiger partial charge in [-0.25, -0.2) is 8.42 Å². The lowest BCUT2D eigenvalue weighted by molar-refractivity contribution is 0.0963. The fraction of sp³-hybridized carbons (Fsp3) is 0.133. The highest BCUT2D eigenvalue weighted by molar-refractivity contribution is 7.92. The van der Waals surface area contributed by atoms with Crippen LogP contribution in [0.3, 0.4) is 0 Å². The van der Waals surface area contributed by atoms with Crippen LogP contribution in [0.25, 0.3) is 0 Å². The van der Waals surface area contributed by atoms with Crippen LogP contribution in [0.5, 0.6) is 0 Å². The molecule has 7 heteroatoms. The van der Waals surface area contributed by atoms with Gasteiger partial charge in [0.15, 0.2) is 0 Å². The van der Waals surface area contributed by atoms with Crippen molar-refractivity contribution in [2.24, 2.45) is 0 Å². The van der Waals surface area contributed by atoms with Crippen molar-refractivity contribution >= 4 is 33.2 Å². The normalized spacial score (nSPS) is 11.0. The molecule has 2 aromatic carbocycles. The molecule has 0 saturated carbocycles. The van der Waals surface area contributed by atoms with Crippen molar-refractivity contribution in [2.75, 3.05) is 11.8 Å². The van der Waals surface area contributed by atoms with E-state index in [9.17, 15) is 13.2 Å². The number of hydrogen-bond donors (Lipinski definition) is 2. The highest BCUT2D eigenvalue weighted by Gasteiger charge is 2.20. The van der Waals surface area contributed by atoms with Crippen molar-refractivity contribution in [3.8, 4) is 0 Å². The Labute approximate surface area is 134 Å². The summed E-state index contributed by atoms with van der Waals surface area (Å²) in [4.78, 5) is 11.5. The van der Waals surface area contributed by atoms with Gasteiger partial charge in [0, 0.05) is 18.3 Å². The molecule has 5 nitrogen and oxygen atoms in total. The minimum atomic E-state index is -3.89. The Morgan fingerprint density at radius 2 is 1.86 bits per heavy atom. The van der Waals surface area contributed by atoms with E-state index < -0.39 is 10.0 Å². The number of rotatable bonds is 4. The SMILES string of the molecule is CNC(=O)c1ccc(Cl)c(S(=O)(=O)Nc2cccc(C)c2)c1. The van der Waals surface area contributed by atoms with Crippen molar-refractivity contribution in [3.63, 3.8) is 0 Å². The first kappa shape index (κ1) is 16.3. The zero-order valence-electron chi connectivity index (χ0n) is 12.1. The van der Waals surface area contributed by atoms with Gasteiger partial charge in [0.25, 0.3) is 15.9 Å². The molecular formula is C15H15ClN2O3S. The van der Waals surface area contributed by atoms with Crippen molar-refractivity contribution in [2.45, 2.75) is 11.8 Å². The standard InChI is InChI=1S/C15H15ClN2O3S/c1-10-4-3-5-12(8-10)18-22(20,21)14-9-11(15(19)17-2)6-7-13(14)16/h3-9,18H,1-2H3,(H,17,19). The van der Waals surface area contributed by atoms with Crippen LogP contribution in [-0.4, -0.2) is 21.4 Å². The Bertz CT molecular complexity index is 819. The van der Waals surface area contributed by atoms with Gasteiger partial charge in [0.2, 0.25) is 0 Å². The number of anilines is 1. The van der Waals surface area contributed by atoms with Crippen LogP contribution >= 0.6 is 11.6 Å². The van der Waals surface area contributed by atoms with Gasteiger partial charge in [-0.05, 0) is 42.8 Å². The Balaban J connectivity index is 2.42. The van der Waals surface area contributed by atoms with Crippen LogP contribution in [0, 0.1) is 6.92 Å². The molecule has 0 aliphatic rings. The summed E-state index contributed by atoms with van der Waals surface area (Å²) in [7, 11) is -2.42. The summed E-state index contributed by atoms with van der Waals surface area (Å²) < 4.78 is 27.4. The Morgan fingerprint density at radius 3 is 2.50 bits per heavy atom. The predicted octanol–water partition coefficient (Wildman–Crippen LogP) is 2.81. The summed E-state index contributed by atoms with van der Waals surface area (Å²) in [6.45, 7) is 1.86. The van der Waals surface area contributed by atoms with Crippen LogP contribution in [0.2, 0.25) is 5.02 Å². The molecule has 0 unspecified atom stereocenters. The largest absolute Gasteiger partial charge is 0.355 e. The van der Waals surface area contributed by atoms with E-state index in [1.54, 1.807) is 18.2 Å². The number of aryl methyl sites for hydroxylation is 1. The topological polar surface area (TPSA) is 75.3 Å². The summed E-state index contributed by atoms with van der Waals surface area (Å²) >= 11 is 5.98. The molecule has 0 fully saturated rings. The van der Waals surface area contributed by atoms with E-state index in [1.807, 2.05) is 13.0 Å². The first-order valence-electron chi connectivity index (χ1n) is 6.44. The lowest BCUT2D eigenvalue weighted by Crippen LogP contribution is -2.19. The summed E-state index contributed by atoms with van der Waals surface area (Å²) in [5.74, 6) is -0.385. The number of sulfonamides is 1. The van der Waals surface area contributed by atoms with Gasteiger partial charge in [-0.1, -0.05) is 23.7 Å². The smallest absolute Gasteiger partial charge is 0.263 e. The maximum atomic E-state index is 12.5. The second-order valence-electron chi connectivity index (χ2n) is 4.70. The number of hydrogen-bond acceptors (Lipinski definition) is 3. The van der Waals surface area contributed by atoms with E-state index in [4.69, 9.17) is 11.6 Å². The first-order chi connectivity index (χ1) is 10.3. The molecule has 0 aliphatic carbocycles. The zero-order chi connectivity index (χ0) is 16.3. The quantitative estimate of drug-likeness (QED) is 0.900. The summed E-state index contributed by atoms with van der Waals surface area (Å²) in [6, 6.07) is 11.0. The van der Waals surface area contributed by atoms with Crippen LogP contribution in [0.4, 0.5) is 5.69 Å². The van der Waals surface area contributed by atoms with E-state index >= 15 is 0 Å². The lowest BCUT2D eigenvalue weighted by Gasteiger charge is -2.11. The summed E-state index contributed by atoms with van der Waals surface area (Å²) in [5, 5.41) is 2.49. The first-order valence-corrected chi connectivity index (χ1v) is 8.31. The molecule has 2 aromatic rings. The number of carbonyl (C=O) groups excluding carboxylic acids is 1. The van der Waals surface area contributed by atoms with Crippen molar-refractivity contribution in [1.82, 2.24) is 5.32 Å². The van der Waals surface area contributed by atoms with Gasteiger partial charge in [-0.3, -0.25) is 9.52 Å². The third-order valence-electron chi connectivity index (χ3n) is 2.98. The zero-order valence-corrected chi connectivity index (χ0v) is 13.6. The molecule has 0 aromatic heterocycles. The molecule has 22 heavy (non-hydrogen) atoms. The maximum Gasteiger partial charge on any atom is 0.263 e. The summed E-state index contributed by atoms with van der Waals surface area (Å²) in [5.41, 5.74) is 1.57. The number of nitrogens with one attached hydrogen (secondary N) is 2. The third-order valence-corrected chi connectivity index (χ3v) is 4.84. The molecule has 116 valence electrons. The third kappa shape index (κ3) is 3.58. The van der Waals surface area contributed by atoms with Crippen molar-refractivity contribution < 1.29 is 13.2 Å². The Morgan fingerprint density at radius 1 is 1.14 bits per heavy atom. The fourth-order valence-corrected chi connectivity index (χ4v) is 3.49. The van der Waals surface area contributed by atoms with Gasteiger partial charge in [0.05, 0.1) is 5.02 Å². The fourth-order valence-electron chi connectivity index (χ4n) is 1.91. The van der Waals surface area contributed by atoms with Gasteiger partial charge in [-0.15, -0.1) is 0 Å². The van der Waals surface area contributed by atoms with Gasteiger partial charge < -0.3 is 5.32 Å². The second kappa shape index (κ2) is 6.37. The highest BCUT2D eigenvalue weighted by atomic mass is 35.5. The Hall–Kier alpha value is -2.05. The molecule has 0 heterocycles. The molecule has 0 saturated heterocycles. The van der Waals surface area contributed by atoms with E-state index in [1.165, 1.54) is 25.2 Å². The van der Waals surface area contributed by atoms with E-state index in [0.29, 0.717) is 5.69 Å². The highest BCUT2D eigenvalue weighted by Crippen LogP contribution is 2.25. The molecule has 2 N–H and O–H groups in total.